The van der Waals surface area contributed by atoms with E-state index in [1.165, 1.54) is 0 Å². The van der Waals surface area contributed by atoms with E-state index in [-0.39, 0.29) is 30.0 Å². The van der Waals surface area contributed by atoms with Gasteiger partial charge in [-0.3, -0.25) is 4.79 Å². The average molecular weight is 277 g/mol. The van der Waals surface area contributed by atoms with Gasteiger partial charge < -0.3 is 15.2 Å². The van der Waals surface area contributed by atoms with Crippen LogP contribution in [0.5, 0.6) is 0 Å². The third kappa shape index (κ3) is 3.38. The Bertz CT molecular complexity index is 444. The van der Waals surface area contributed by atoms with Gasteiger partial charge in [0.2, 0.25) is 0 Å². The smallest absolute Gasteiger partial charge is 0.311 e. The van der Waals surface area contributed by atoms with Crippen LogP contribution in [0.2, 0.25) is 0 Å². The second-order valence-electron chi connectivity index (χ2n) is 5.95. The third-order valence-electron chi connectivity index (χ3n) is 4.05. The van der Waals surface area contributed by atoms with E-state index in [1.54, 1.807) is 0 Å². The van der Waals surface area contributed by atoms with Crippen LogP contribution in [0.1, 0.15) is 25.8 Å². The SMILES string of the molecule is CC1(C)NCC(CCO)[C@@H]1C(=O)OCc1ccccc1. The molecule has 2 N–H and O–H groups in total. The summed E-state index contributed by atoms with van der Waals surface area (Å²) in [4.78, 5) is 12.4. The molecule has 0 saturated carbocycles. The molecule has 2 rings (SSSR count). The molecular formula is C16H23NO3. The van der Waals surface area contributed by atoms with Gasteiger partial charge in [0.25, 0.3) is 0 Å². The highest BCUT2D eigenvalue weighted by Gasteiger charge is 2.46. The fourth-order valence-electron chi connectivity index (χ4n) is 2.95. The van der Waals surface area contributed by atoms with Crippen molar-refractivity contribution in [1.82, 2.24) is 5.32 Å². The topological polar surface area (TPSA) is 58.6 Å². The van der Waals surface area contributed by atoms with Crippen LogP contribution in [-0.4, -0.2) is 29.8 Å². The lowest BCUT2D eigenvalue weighted by atomic mass is 9.81. The zero-order valence-corrected chi connectivity index (χ0v) is 12.1. The van der Waals surface area contributed by atoms with Crippen molar-refractivity contribution in [2.45, 2.75) is 32.4 Å². The summed E-state index contributed by atoms with van der Waals surface area (Å²) in [6.45, 7) is 5.18. The van der Waals surface area contributed by atoms with E-state index in [0.29, 0.717) is 13.0 Å². The number of aliphatic hydroxyl groups excluding tert-OH is 1. The van der Waals surface area contributed by atoms with E-state index < -0.39 is 0 Å². The Morgan fingerprint density at radius 2 is 2.10 bits per heavy atom. The highest BCUT2D eigenvalue weighted by atomic mass is 16.5. The minimum Gasteiger partial charge on any atom is -0.461 e. The largest absolute Gasteiger partial charge is 0.461 e. The van der Waals surface area contributed by atoms with Crippen LogP contribution in [0, 0.1) is 11.8 Å². The van der Waals surface area contributed by atoms with Gasteiger partial charge in [-0.1, -0.05) is 30.3 Å². The molecule has 1 aliphatic heterocycles. The van der Waals surface area contributed by atoms with E-state index >= 15 is 0 Å². The monoisotopic (exact) mass is 277 g/mol. The summed E-state index contributed by atoms with van der Waals surface area (Å²) in [6, 6.07) is 9.68. The van der Waals surface area contributed by atoms with Crippen LogP contribution in [0.3, 0.4) is 0 Å². The predicted octanol–water partition coefficient (Wildman–Crippen LogP) is 1.73. The predicted molar refractivity (Wildman–Crippen MR) is 77.0 cm³/mol. The van der Waals surface area contributed by atoms with Crippen LogP contribution in [0.4, 0.5) is 0 Å². The van der Waals surface area contributed by atoms with Crippen molar-refractivity contribution in [1.29, 1.82) is 0 Å². The van der Waals surface area contributed by atoms with Crippen molar-refractivity contribution >= 4 is 5.97 Å². The maximum atomic E-state index is 12.4. The normalized spacial score (nSPS) is 24.6. The molecule has 0 spiro atoms. The molecule has 1 unspecified atom stereocenters. The van der Waals surface area contributed by atoms with Crippen molar-refractivity contribution < 1.29 is 14.6 Å². The van der Waals surface area contributed by atoms with E-state index in [9.17, 15) is 4.79 Å². The molecule has 4 heteroatoms. The maximum Gasteiger partial charge on any atom is 0.311 e. The molecule has 0 radical (unpaired) electrons. The van der Waals surface area contributed by atoms with E-state index in [1.807, 2.05) is 44.2 Å². The zero-order chi connectivity index (χ0) is 14.6. The minimum absolute atomic E-state index is 0.102. The number of benzene rings is 1. The summed E-state index contributed by atoms with van der Waals surface area (Å²) in [6.07, 6.45) is 0.627. The van der Waals surface area contributed by atoms with Crippen molar-refractivity contribution in [3.63, 3.8) is 0 Å². The molecule has 1 heterocycles. The first kappa shape index (κ1) is 15.0. The van der Waals surface area contributed by atoms with Gasteiger partial charge in [0.1, 0.15) is 6.61 Å². The van der Waals surface area contributed by atoms with Crippen LogP contribution in [-0.2, 0) is 16.1 Å². The Morgan fingerprint density at radius 3 is 2.75 bits per heavy atom. The molecule has 2 atom stereocenters. The second kappa shape index (κ2) is 6.37. The summed E-state index contributed by atoms with van der Waals surface area (Å²) in [5.41, 5.74) is 0.705. The number of aliphatic hydroxyl groups is 1. The Balaban J connectivity index is 1.99. The molecule has 1 saturated heterocycles. The molecule has 1 aromatic carbocycles. The molecule has 1 aromatic rings. The molecule has 4 nitrogen and oxygen atoms in total. The summed E-state index contributed by atoms with van der Waals surface area (Å²) in [5.74, 6) is -0.251. The number of hydrogen-bond acceptors (Lipinski definition) is 4. The number of carbonyl (C=O) groups is 1. The standard InChI is InChI=1S/C16H23NO3/c1-16(2)14(13(8-9-18)10-17-16)15(19)20-11-12-6-4-3-5-7-12/h3-7,13-14,17-18H,8-11H2,1-2H3/t13?,14-/m1/s1. The second-order valence-corrected chi connectivity index (χ2v) is 5.95. The third-order valence-corrected chi connectivity index (χ3v) is 4.05. The van der Waals surface area contributed by atoms with Crippen molar-refractivity contribution in [3.8, 4) is 0 Å². The van der Waals surface area contributed by atoms with Gasteiger partial charge >= 0.3 is 5.97 Å². The van der Waals surface area contributed by atoms with Gasteiger partial charge in [0.05, 0.1) is 5.92 Å². The van der Waals surface area contributed by atoms with Gasteiger partial charge in [0.15, 0.2) is 0 Å². The van der Waals surface area contributed by atoms with Crippen molar-refractivity contribution in [2.24, 2.45) is 11.8 Å². The molecule has 0 aromatic heterocycles. The Hall–Kier alpha value is -1.39. The van der Waals surface area contributed by atoms with E-state index in [0.717, 1.165) is 12.1 Å². The van der Waals surface area contributed by atoms with E-state index in [4.69, 9.17) is 9.84 Å². The van der Waals surface area contributed by atoms with Gasteiger partial charge in [-0.25, -0.2) is 0 Å². The first-order valence-electron chi connectivity index (χ1n) is 7.11. The molecule has 0 aliphatic carbocycles. The highest BCUT2D eigenvalue weighted by molar-refractivity contribution is 5.75. The number of esters is 1. The zero-order valence-electron chi connectivity index (χ0n) is 12.1. The molecule has 110 valence electrons. The number of rotatable bonds is 5. The molecule has 1 fully saturated rings. The lowest BCUT2D eigenvalue weighted by molar-refractivity contribution is -0.153. The Labute approximate surface area is 120 Å². The minimum atomic E-state index is -0.284. The molecule has 20 heavy (non-hydrogen) atoms. The number of hydrogen-bond donors (Lipinski definition) is 2. The quantitative estimate of drug-likeness (QED) is 0.805. The van der Waals surface area contributed by atoms with E-state index in [2.05, 4.69) is 5.32 Å². The first-order valence-corrected chi connectivity index (χ1v) is 7.11. The number of ether oxygens (including phenoxy) is 1. The molecule has 0 bridgehead atoms. The van der Waals surface area contributed by atoms with Crippen LogP contribution >= 0.6 is 0 Å². The first-order chi connectivity index (χ1) is 9.54. The average Bonchev–Trinajstić information content (AvgIpc) is 2.73. The van der Waals surface area contributed by atoms with Crippen LogP contribution < -0.4 is 5.32 Å². The fraction of sp³-hybridized carbons (Fsp3) is 0.562. The lowest BCUT2D eigenvalue weighted by Crippen LogP contribution is -2.43. The molecular weight excluding hydrogens is 254 g/mol. The van der Waals surface area contributed by atoms with Crippen molar-refractivity contribution in [3.05, 3.63) is 35.9 Å². The fourth-order valence-corrected chi connectivity index (χ4v) is 2.95. The molecule has 1 aliphatic rings. The van der Waals surface area contributed by atoms with Crippen molar-refractivity contribution in [2.75, 3.05) is 13.2 Å². The summed E-state index contributed by atoms with van der Waals surface area (Å²) in [7, 11) is 0. The van der Waals surface area contributed by atoms with Crippen LogP contribution in [0.15, 0.2) is 30.3 Å². The summed E-state index contributed by atoms with van der Waals surface area (Å²) in [5, 5.41) is 12.5. The van der Waals surface area contributed by atoms with Crippen LogP contribution in [0.25, 0.3) is 0 Å². The number of nitrogens with one attached hydrogen (secondary N) is 1. The number of carbonyl (C=O) groups excluding carboxylic acids is 1. The van der Waals surface area contributed by atoms with Gasteiger partial charge in [-0.15, -0.1) is 0 Å². The highest BCUT2D eigenvalue weighted by Crippen LogP contribution is 2.34. The Kier molecular flexibility index (Phi) is 4.78. The maximum absolute atomic E-state index is 12.4. The Morgan fingerprint density at radius 1 is 1.40 bits per heavy atom. The lowest BCUT2D eigenvalue weighted by Gasteiger charge is -2.28. The van der Waals surface area contributed by atoms with Gasteiger partial charge in [-0.05, 0) is 38.3 Å². The summed E-state index contributed by atoms with van der Waals surface area (Å²) >= 11 is 0. The molecule has 0 amide bonds. The van der Waals surface area contributed by atoms with Gasteiger partial charge in [0, 0.05) is 12.1 Å². The summed E-state index contributed by atoms with van der Waals surface area (Å²) < 4.78 is 5.46. The van der Waals surface area contributed by atoms with Gasteiger partial charge in [-0.2, -0.15) is 0 Å².